The van der Waals surface area contributed by atoms with Gasteiger partial charge < -0.3 is 14.7 Å². The number of nitrogens with zero attached hydrogens (tertiary/aromatic N) is 2. The fraction of sp³-hybridized carbons (Fsp3) is 0.500. The summed E-state index contributed by atoms with van der Waals surface area (Å²) in [6, 6.07) is 3.88. The number of aliphatic hydroxyl groups is 1. The van der Waals surface area contributed by atoms with Gasteiger partial charge in [-0.25, -0.2) is 4.98 Å². The third-order valence-corrected chi connectivity index (χ3v) is 3.14. The van der Waals surface area contributed by atoms with Crippen molar-refractivity contribution in [2.75, 3.05) is 31.7 Å². The molecule has 1 aliphatic rings. The van der Waals surface area contributed by atoms with Crippen molar-refractivity contribution in [3.05, 3.63) is 35.0 Å². The number of pyridine rings is 1. The number of aromatic nitrogens is 1. The molecule has 0 fully saturated rings. The van der Waals surface area contributed by atoms with Crippen molar-refractivity contribution in [3.63, 3.8) is 0 Å². The molecule has 1 N–H and O–H groups in total. The van der Waals surface area contributed by atoms with Crippen LogP contribution in [0.2, 0.25) is 0 Å². The third kappa shape index (κ3) is 3.09. The third-order valence-electron chi connectivity index (χ3n) is 3.14. The summed E-state index contributed by atoms with van der Waals surface area (Å²) in [4.78, 5) is 6.76. The van der Waals surface area contributed by atoms with Gasteiger partial charge in [0.15, 0.2) is 0 Å². The number of aryl methyl sites for hydroxylation is 1. The molecule has 2 rings (SSSR count). The van der Waals surface area contributed by atoms with Crippen LogP contribution in [0.4, 0.5) is 5.82 Å². The molecule has 1 aromatic heterocycles. The zero-order valence-electron chi connectivity index (χ0n) is 11.0. The van der Waals surface area contributed by atoms with Crippen LogP contribution in [0.5, 0.6) is 0 Å². The van der Waals surface area contributed by atoms with Crippen LogP contribution in [-0.4, -0.2) is 36.9 Å². The molecule has 0 aromatic carbocycles. The lowest BCUT2D eigenvalue weighted by atomic mass is 10.1. The van der Waals surface area contributed by atoms with Crippen molar-refractivity contribution in [3.8, 4) is 0 Å². The Morgan fingerprint density at radius 3 is 2.89 bits per heavy atom. The molecule has 4 heteroatoms. The lowest BCUT2D eigenvalue weighted by molar-refractivity contribution is 0.222. The van der Waals surface area contributed by atoms with E-state index >= 15 is 0 Å². The molecule has 1 aliphatic heterocycles. The first-order chi connectivity index (χ1) is 8.72. The van der Waals surface area contributed by atoms with E-state index in [2.05, 4.69) is 16.0 Å². The van der Waals surface area contributed by atoms with Crippen molar-refractivity contribution in [1.29, 1.82) is 0 Å². The van der Waals surface area contributed by atoms with Crippen molar-refractivity contribution in [2.45, 2.75) is 20.0 Å². The molecule has 0 saturated carbocycles. The maximum atomic E-state index is 9.22. The van der Waals surface area contributed by atoms with Gasteiger partial charge in [0.2, 0.25) is 0 Å². The van der Waals surface area contributed by atoms with Crippen molar-refractivity contribution in [2.24, 2.45) is 0 Å². The molecule has 0 saturated heterocycles. The van der Waals surface area contributed by atoms with E-state index in [4.69, 9.17) is 4.74 Å². The lowest BCUT2D eigenvalue weighted by Crippen LogP contribution is -2.30. The number of ether oxygens (including phenoxy) is 1. The summed E-state index contributed by atoms with van der Waals surface area (Å²) in [7, 11) is 1.73. The van der Waals surface area contributed by atoms with Gasteiger partial charge in [0.25, 0.3) is 0 Å². The largest absolute Gasteiger partial charge is 0.392 e. The van der Waals surface area contributed by atoms with Gasteiger partial charge in [-0.3, -0.25) is 0 Å². The standard InChI is InChI=1S/C14H20N2O2/c1-11-7-13(9-17)8-14(15-11)16-5-3-12(4-6-16)10-18-2/h3,7-8,17H,4-6,9-10H2,1-2H3. The monoisotopic (exact) mass is 248 g/mol. The Labute approximate surface area is 108 Å². The summed E-state index contributed by atoms with van der Waals surface area (Å²) in [5.41, 5.74) is 3.22. The zero-order chi connectivity index (χ0) is 13.0. The Kier molecular flexibility index (Phi) is 4.33. The second-order valence-corrected chi connectivity index (χ2v) is 4.62. The molecule has 4 nitrogen and oxygen atoms in total. The first-order valence-corrected chi connectivity index (χ1v) is 6.23. The van der Waals surface area contributed by atoms with E-state index in [-0.39, 0.29) is 6.61 Å². The Bertz CT molecular complexity index is 443. The smallest absolute Gasteiger partial charge is 0.129 e. The average molecular weight is 248 g/mol. The number of aliphatic hydroxyl groups excluding tert-OH is 1. The minimum absolute atomic E-state index is 0.0644. The molecule has 0 bridgehead atoms. The highest BCUT2D eigenvalue weighted by Crippen LogP contribution is 2.20. The Hall–Kier alpha value is -1.39. The van der Waals surface area contributed by atoms with Crippen molar-refractivity contribution in [1.82, 2.24) is 4.98 Å². The molecule has 2 heterocycles. The highest BCUT2D eigenvalue weighted by Gasteiger charge is 2.14. The second-order valence-electron chi connectivity index (χ2n) is 4.62. The van der Waals surface area contributed by atoms with E-state index in [1.165, 1.54) is 5.57 Å². The van der Waals surface area contributed by atoms with Crippen LogP contribution >= 0.6 is 0 Å². The molecule has 98 valence electrons. The van der Waals surface area contributed by atoms with Gasteiger partial charge in [0.05, 0.1) is 13.2 Å². The van der Waals surface area contributed by atoms with E-state index in [9.17, 15) is 5.11 Å². The summed E-state index contributed by atoms with van der Waals surface area (Å²) >= 11 is 0. The molecule has 0 radical (unpaired) electrons. The summed E-state index contributed by atoms with van der Waals surface area (Å²) in [6.07, 6.45) is 3.22. The van der Waals surface area contributed by atoms with E-state index in [1.54, 1.807) is 7.11 Å². The molecule has 0 amide bonds. The summed E-state index contributed by atoms with van der Waals surface area (Å²) in [5.74, 6) is 0.951. The molecule has 1 aromatic rings. The van der Waals surface area contributed by atoms with E-state index in [1.807, 2.05) is 19.1 Å². The Balaban J connectivity index is 2.11. The fourth-order valence-electron chi connectivity index (χ4n) is 2.21. The second kappa shape index (κ2) is 5.98. The zero-order valence-corrected chi connectivity index (χ0v) is 11.0. The van der Waals surface area contributed by atoms with Crippen LogP contribution in [0.15, 0.2) is 23.8 Å². The van der Waals surface area contributed by atoms with Crippen LogP contribution < -0.4 is 4.90 Å². The van der Waals surface area contributed by atoms with Crippen LogP contribution in [0.25, 0.3) is 0 Å². The van der Waals surface area contributed by atoms with Crippen LogP contribution in [0.1, 0.15) is 17.7 Å². The number of hydrogen-bond acceptors (Lipinski definition) is 4. The molecule has 0 spiro atoms. The first-order valence-electron chi connectivity index (χ1n) is 6.23. The van der Waals surface area contributed by atoms with E-state index in [0.717, 1.165) is 43.2 Å². The normalized spacial score (nSPS) is 15.7. The first kappa shape index (κ1) is 13.1. The number of hydrogen-bond donors (Lipinski definition) is 1. The van der Waals surface area contributed by atoms with Crippen LogP contribution in [0.3, 0.4) is 0 Å². The Morgan fingerprint density at radius 2 is 2.28 bits per heavy atom. The minimum atomic E-state index is 0.0644. The highest BCUT2D eigenvalue weighted by molar-refractivity contribution is 5.44. The van der Waals surface area contributed by atoms with Crippen molar-refractivity contribution >= 4 is 5.82 Å². The topological polar surface area (TPSA) is 45.6 Å². The van der Waals surface area contributed by atoms with Crippen LogP contribution in [0, 0.1) is 6.92 Å². The molecule has 18 heavy (non-hydrogen) atoms. The molecular weight excluding hydrogens is 228 g/mol. The molecule has 0 unspecified atom stereocenters. The fourth-order valence-corrected chi connectivity index (χ4v) is 2.21. The van der Waals surface area contributed by atoms with Crippen LogP contribution in [-0.2, 0) is 11.3 Å². The average Bonchev–Trinajstić information content (AvgIpc) is 2.39. The lowest BCUT2D eigenvalue weighted by Gasteiger charge is -2.27. The van der Waals surface area contributed by atoms with E-state index in [0.29, 0.717) is 0 Å². The Morgan fingerprint density at radius 1 is 1.44 bits per heavy atom. The van der Waals surface area contributed by atoms with Crippen molar-refractivity contribution < 1.29 is 9.84 Å². The maximum absolute atomic E-state index is 9.22. The molecular formula is C14H20N2O2. The van der Waals surface area contributed by atoms with Gasteiger partial charge in [-0.1, -0.05) is 6.08 Å². The van der Waals surface area contributed by atoms with Gasteiger partial charge in [0.1, 0.15) is 5.82 Å². The maximum Gasteiger partial charge on any atom is 0.129 e. The SMILES string of the molecule is COCC1=CCN(c2cc(CO)cc(C)n2)CC1. The summed E-state index contributed by atoms with van der Waals surface area (Å²) < 4.78 is 5.14. The number of rotatable bonds is 4. The predicted octanol–water partition coefficient (Wildman–Crippen LogP) is 1.67. The molecule has 0 aliphatic carbocycles. The van der Waals surface area contributed by atoms with Gasteiger partial charge in [0, 0.05) is 25.9 Å². The van der Waals surface area contributed by atoms with E-state index < -0.39 is 0 Å². The van der Waals surface area contributed by atoms with Gasteiger partial charge in [-0.2, -0.15) is 0 Å². The number of methoxy groups -OCH3 is 1. The summed E-state index contributed by atoms with van der Waals surface area (Å²) in [6.45, 7) is 4.56. The quantitative estimate of drug-likeness (QED) is 0.823. The summed E-state index contributed by atoms with van der Waals surface area (Å²) in [5, 5.41) is 9.22. The van der Waals surface area contributed by atoms with Gasteiger partial charge in [-0.05, 0) is 36.6 Å². The van der Waals surface area contributed by atoms with Gasteiger partial charge in [-0.15, -0.1) is 0 Å². The highest BCUT2D eigenvalue weighted by atomic mass is 16.5. The number of anilines is 1. The predicted molar refractivity (Wildman–Crippen MR) is 71.7 cm³/mol. The minimum Gasteiger partial charge on any atom is -0.392 e. The van der Waals surface area contributed by atoms with Gasteiger partial charge >= 0.3 is 0 Å². The molecule has 0 atom stereocenters.